The van der Waals surface area contributed by atoms with Crippen LogP contribution in [0.5, 0.6) is 0 Å². The Bertz CT molecular complexity index is 659. The van der Waals surface area contributed by atoms with Crippen LogP contribution in [0.4, 0.5) is 0 Å². The Morgan fingerprint density at radius 2 is 1.86 bits per heavy atom. The van der Waals surface area contributed by atoms with Crippen molar-refractivity contribution in [3.8, 4) is 0 Å². The van der Waals surface area contributed by atoms with Gasteiger partial charge in [-0.05, 0) is 30.7 Å². The second-order valence-corrected chi connectivity index (χ2v) is 7.08. The topological polar surface area (TPSA) is 63.2 Å². The highest BCUT2D eigenvalue weighted by Gasteiger charge is 2.72. The van der Waals surface area contributed by atoms with Crippen molar-refractivity contribution in [1.82, 2.24) is 5.32 Å². The molecule has 3 rings (SSSR count). The van der Waals surface area contributed by atoms with Crippen LogP contribution in [0.15, 0.2) is 24.3 Å². The first-order valence-electron chi connectivity index (χ1n) is 7.73. The molecule has 2 saturated carbocycles. The number of fused-ring (bicyclic) bond motifs is 2. The number of ketones is 2. The molecule has 2 atom stereocenters. The Labute approximate surface area is 130 Å². The molecule has 0 saturated heterocycles. The smallest absolute Gasteiger partial charge is 0.235 e. The SMILES string of the molecule is Cc1ccc(CNC(=O)C23CCC(C(=O)C2=O)C3(C)C)cc1. The van der Waals surface area contributed by atoms with Gasteiger partial charge >= 0.3 is 0 Å². The zero-order valence-electron chi connectivity index (χ0n) is 13.2. The summed E-state index contributed by atoms with van der Waals surface area (Å²) in [5.41, 5.74) is 0.391. The molecule has 2 bridgehead atoms. The molecular weight excluding hydrogens is 278 g/mol. The van der Waals surface area contributed by atoms with E-state index in [1.54, 1.807) is 0 Å². The normalized spacial score (nSPS) is 29.0. The fourth-order valence-corrected chi connectivity index (χ4v) is 4.12. The summed E-state index contributed by atoms with van der Waals surface area (Å²) in [6, 6.07) is 7.88. The second-order valence-electron chi connectivity index (χ2n) is 7.08. The van der Waals surface area contributed by atoms with E-state index in [4.69, 9.17) is 0 Å². The van der Waals surface area contributed by atoms with E-state index in [0.29, 0.717) is 19.4 Å². The second kappa shape index (κ2) is 4.77. The predicted molar refractivity (Wildman–Crippen MR) is 82.0 cm³/mol. The number of nitrogens with one attached hydrogen (secondary N) is 1. The number of rotatable bonds is 3. The molecule has 0 heterocycles. The summed E-state index contributed by atoms with van der Waals surface area (Å²) in [5, 5.41) is 2.87. The van der Waals surface area contributed by atoms with Gasteiger partial charge in [0.1, 0.15) is 5.41 Å². The monoisotopic (exact) mass is 299 g/mol. The molecule has 22 heavy (non-hydrogen) atoms. The van der Waals surface area contributed by atoms with Crippen LogP contribution in [0, 0.1) is 23.7 Å². The Hall–Kier alpha value is -1.97. The summed E-state index contributed by atoms with van der Waals surface area (Å²) in [4.78, 5) is 37.2. The van der Waals surface area contributed by atoms with Gasteiger partial charge in [0, 0.05) is 12.5 Å². The fraction of sp³-hybridized carbons (Fsp3) is 0.500. The van der Waals surface area contributed by atoms with Crippen molar-refractivity contribution in [1.29, 1.82) is 0 Å². The van der Waals surface area contributed by atoms with E-state index >= 15 is 0 Å². The summed E-state index contributed by atoms with van der Waals surface area (Å²) in [5.74, 6) is -1.45. The highest BCUT2D eigenvalue weighted by atomic mass is 16.2. The number of hydrogen-bond acceptors (Lipinski definition) is 3. The third-order valence-electron chi connectivity index (χ3n) is 5.67. The fourth-order valence-electron chi connectivity index (χ4n) is 4.12. The molecule has 4 nitrogen and oxygen atoms in total. The minimum Gasteiger partial charge on any atom is -0.351 e. The minimum atomic E-state index is -1.17. The van der Waals surface area contributed by atoms with Crippen LogP contribution < -0.4 is 5.32 Å². The van der Waals surface area contributed by atoms with Crippen molar-refractivity contribution >= 4 is 17.5 Å². The zero-order valence-corrected chi connectivity index (χ0v) is 13.2. The van der Waals surface area contributed by atoms with Crippen LogP contribution in [0.2, 0.25) is 0 Å². The first kappa shape index (κ1) is 14.9. The van der Waals surface area contributed by atoms with Gasteiger partial charge in [-0.15, -0.1) is 0 Å². The first-order valence-corrected chi connectivity index (χ1v) is 7.73. The molecule has 2 unspecified atom stereocenters. The molecule has 4 heteroatoms. The van der Waals surface area contributed by atoms with Crippen LogP contribution in [0.3, 0.4) is 0 Å². The van der Waals surface area contributed by atoms with Crippen molar-refractivity contribution in [2.24, 2.45) is 16.7 Å². The molecule has 1 aromatic carbocycles. The van der Waals surface area contributed by atoms with Gasteiger partial charge in [0.25, 0.3) is 0 Å². The van der Waals surface area contributed by atoms with E-state index in [1.165, 1.54) is 0 Å². The average Bonchev–Trinajstić information content (AvgIpc) is 2.83. The third kappa shape index (κ3) is 1.79. The van der Waals surface area contributed by atoms with E-state index in [2.05, 4.69) is 5.32 Å². The number of benzene rings is 1. The lowest BCUT2D eigenvalue weighted by Gasteiger charge is -2.33. The van der Waals surface area contributed by atoms with Crippen molar-refractivity contribution in [3.05, 3.63) is 35.4 Å². The quantitative estimate of drug-likeness (QED) is 0.687. The summed E-state index contributed by atoms with van der Waals surface area (Å²) >= 11 is 0. The Balaban J connectivity index is 1.81. The van der Waals surface area contributed by atoms with Gasteiger partial charge in [0.2, 0.25) is 17.5 Å². The molecule has 116 valence electrons. The average molecular weight is 299 g/mol. The number of hydrogen-bond donors (Lipinski definition) is 1. The van der Waals surface area contributed by atoms with Gasteiger partial charge in [0.15, 0.2) is 0 Å². The van der Waals surface area contributed by atoms with Gasteiger partial charge in [-0.2, -0.15) is 0 Å². The molecule has 0 aromatic heterocycles. The highest BCUT2D eigenvalue weighted by Crippen LogP contribution is 2.62. The van der Waals surface area contributed by atoms with Gasteiger partial charge < -0.3 is 5.32 Å². The molecule has 0 aliphatic heterocycles. The highest BCUT2D eigenvalue weighted by molar-refractivity contribution is 6.47. The van der Waals surface area contributed by atoms with Gasteiger partial charge in [0.05, 0.1) is 0 Å². The number of amides is 1. The van der Waals surface area contributed by atoms with Crippen LogP contribution in [0.25, 0.3) is 0 Å². The van der Waals surface area contributed by atoms with Gasteiger partial charge in [-0.25, -0.2) is 0 Å². The summed E-state index contributed by atoms with van der Waals surface area (Å²) in [6.07, 6.45) is 1.12. The maximum Gasteiger partial charge on any atom is 0.235 e. The standard InChI is InChI=1S/C18H21NO3/c1-11-4-6-12(7-5-11)10-19-16(22)18-9-8-13(17(18,2)3)14(20)15(18)21/h4-7,13H,8-10H2,1-3H3,(H,19,22). The molecule has 1 amide bonds. The lowest BCUT2D eigenvalue weighted by atomic mass is 9.68. The lowest BCUT2D eigenvalue weighted by molar-refractivity contribution is -0.149. The van der Waals surface area contributed by atoms with E-state index in [1.807, 2.05) is 45.0 Å². The minimum absolute atomic E-state index is 0.295. The molecule has 2 aliphatic rings. The van der Waals surface area contributed by atoms with E-state index in [0.717, 1.165) is 11.1 Å². The first-order chi connectivity index (χ1) is 10.3. The van der Waals surface area contributed by atoms with E-state index in [9.17, 15) is 14.4 Å². The number of aryl methyl sites for hydroxylation is 1. The molecular formula is C18H21NO3. The van der Waals surface area contributed by atoms with E-state index < -0.39 is 16.6 Å². The number of carbonyl (C=O) groups excluding carboxylic acids is 3. The zero-order chi connectivity index (χ0) is 16.1. The van der Waals surface area contributed by atoms with Gasteiger partial charge in [-0.1, -0.05) is 43.7 Å². The Morgan fingerprint density at radius 1 is 1.23 bits per heavy atom. The molecule has 0 spiro atoms. The van der Waals surface area contributed by atoms with Crippen molar-refractivity contribution in [3.63, 3.8) is 0 Å². The Kier molecular flexibility index (Phi) is 3.24. The van der Waals surface area contributed by atoms with Crippen molar-refractivity contribution in [2.75, 3.05) is 0 Å². The summed E-state index contributed by atoms with van der Waals surface area (Å²) < 4.78 is 0. The maximum atomic E-state index is 12.8. The third-order valence-corrected chi connectivity index (χ3v) is 5.67. The van der Waals surface area contributed by atoms with Crippen LogP contribution in [0.1, 0.15) is 37.8 Å². The maximum absolute atomic E-state index is 12.8. The van der Waals surface area contributed by atoms with Crippen molar-refractivity contribution < 1.29 is 14.4 Å². The number of Topliss-reactive ketones (excluding diaryl/α,β-unsaturated/α-hetero) is 2. The molecule has 2 fully saturated rings. The lowest BCUT2D eigenvalue weighted by Crippen LogP contribution is -2.50. The van der Waals surface area contributed by atoms with E-state index in [-0.39, 0.29) is 17.6 Å². The van der Waals surface area contributed by atoms with Gasteiger partial charge in [-0.3, -0.25) is 14.4 Å². The number of carbonyl (C=O) groups is 3. The molecule has 1 N–H and O–H groups in total. The predicted octanol–water partition coefficient (Wildman–Crippen LogP) is 2.19. The Morgan fingerprint density at radius 3 is 2.41 bits per heavy atom. The van der Waals surface area contributed by atoms with Crippen molar-refractivity contribution in [2.45, 2.75) is 40.2 Å². The van der Waals surface area contributed by atoms with Crippen LogP contribution in [-0.4, -0.2) is 17.5 Å². The molecule has 1 aromatic rings. The van der Waals surface area contributed by atoms with Crippen LogP contribution in [-0.2, 0) is 20.9 Å². The molecule has 0 radical (unpaired) electrons. The summed E-state index contributed by atoms with van der Waals surface area (Å²) in [7, 11) is 0. The van der Waals surface area contributed by atoms with Crippen LogP contribution >= 0.6 is 0 Å². The summed E-state index contributed by atoms with van der Waals surface area (Å²) in [6.45, 7) is 6.13. The molecule has 2 aliphatic carbocycles. The largest absolute Gasteiger partial charge is 0.351 e.